The summed E-state index contributed by atoms with van der Waals surface area (Å²) in [4.78, 5) is 10.6. The molecule has 0 aliphatic carbocycles. The molecule has 2 unspecified atom stereocenters. The molecule has 1 aliphatic rings. The van der Waals surface area contributed by atoms with Gasteiger partial charge in [-0.15, -0.1) is 0 Å². The Hall–Kier alpha value is -1.67. The summed E-state index contributed by atoms with van der Waals surface area (Å²) >= 11 is 0. The highest BCUT2D eigenvalue weighted by Gasteiger charge is 2.38. The fourth-order valence-electron chi connectivity index (χ4n) is 1.80. The Kier molecular flexibility index (Phi) is 3.46. The SMILES string of the molecule is O=C(O)c1ccc(OC2CS(=O)(=O)CC2O)c(F)c1. The molecule has 19 heavy (non-hydrogen) atoms. The lowest BCUT2D eigenvalue weighted by atomic mass is 10.2. The number of carbonyl (C=O) groups is 1. The summed E-state index contributed by atoms with van der Waals surface area (Å²) in [5.41, 5.74) is -0.246. The molecule has 1 aromatic rings. The molecule has 6 nitrogen and oxygen atoms in total. The fraction of sp³-hybridized carbons (Fsp3) is 0.364. The summed E-state index contributed by atoms with van der Waals surface area (Å²) < 4.78 is 41.2. The molecule has 0 aromatic heterocycles. The van der Waals surface area contributed by atoms with E-state index in [1.54, 1.807) is 0 Å². The predicted molar refractivity (Wildman–Crippen MR) is 62.4 cm³/mol. The van der Waals surface area contributed by atoms with Crippen molar-refractivity contribution in [1.29, 1.82) is 0 Å². The number of aliphatic hydroxyl groups excluding tert-OH is 1. The maximum atomic E-state index is 13.6. The van der Waals surface area contributed by atoms with Crippen LogP contribution in [0.5, 0.6) is 5.75 Å². The first-order valence-electron chi connectivity index (χ1n) is 5.36. The largest absolute Gasteiger partial charge is 0.484 e. The van der Waals surface area contributed by atoms with Gasteiger partial charge in [0.2, 0.25) is 0 Å². The first-order valence-corrected chi connectivity index (χ1v) is 7.18. The van der Waals surface area contributed by atoms with Gasteiger partial charge in [0.05, 0.1) is 17.1 Å². The van der Waals surface area contributed by atoms with Crippen LogP contribution in [-0.4, -0.2) is 48.3 Å². The van der Waals surface area contributed by atoms with Gasteiger partial charge in [0, 0.05) is 0 Å². The topological polar surface area (TPSA) is 101 Å². The molecule has 1 saturated heterocycles. The number of aromatic carboxylic acids is 1. The third kappa shape index (κ3) is 3.02. The van der Waals surface area contributed by atoms with Crippen LogP contribution in [0, 0.1) is 5.82 Å². The van der Waals surface area contributed by atoms with Crippen molar-refractivity contribution in [2.45, 2.75) is 12.2 Å². The van der Waals surface area contributed by atoms with Gasteiger partial charge in [0.15, 0.2) is 21.4 Å². The lowest BCUT2D eigenvalue weighted by Crippen LogP contribution is -2.30. The standard InChI is InChI=1S/C11H11FO6S/c12-7-3-6(11(14)15)1-2-9(7)18-10-5-19(16,17)4-8(10)13/h1-3,8,10,13H,4-5H2,(H,14,15). The highest BCUT2D eigenvalue weighted by atomic mass is 32.2. The predicted octanol–water partition coefficient (Wildman–Crippen LogP) is 0.0606. The molecule has 2 rings (SSSR count). The maximum Gasteiger partial charge on any atom is 0.335 e. The lowest BCUT2D eigenvalue weighted by Gasteiger charge is -2.16. The molecule has 2 atom stereocenters. The van der Waals surface area contributed by atoms with Crippen molar-refractivity contribution < 1.29 is 32.6 Å². The van der Waals surface area contributed by atoms with Gasteiger partial charge in [-0.25, -0.2) is 17.6 Å². The third-order valence-electron chi connectivity index (χ3n) is 2.73. The van der Waals surface area contributed by atoms with Gasteiger partial charge in [0.1, 0.15) is 12.2 Å². The molecule has 1 fully saturated rings. The Balaban J connectivity index is 2.18. The number of hydrogen-bond donors (Lipinski definition) is 2. The Bertz CT molecular complexity index is 612. The smallest absolute Gasteiger partial charge is 0.335 e. The Labute approximate surface area is 108 Å². The number of rotatable bonds is 3. The molecular formula is C11H11FO6S. The number of carboxylic acids is 1. The van der Waals surface area contributed by atoms with Crippen molar-refractivity contribution in [3.63, 3.8) is 0 Å². The first kappa shape index (κ1) is 13.8. The molecular weight excluding hydrogens is 279 g/mol. The van der Waals surface area contributed by atoms with Gasteiger partial charge in [-0.05, 0) is 18.2 Å². The van der Waals surface area contributed by atoms with E-state index in [0.717, 1.165) is 18.2 Å². The van der Waals surface area contributed by atoms with Gasteiger partial charge in [0.25, 0.3) is 0 Å². The van der Waals surface area contributed by atoms with Crippen molar-refractivity contribution in [1.82, 2.24) is 0 Å². The number of carboxylic acid groups (broad SMARTS) is 1. The normalized spacial score (nSPS) is 25.2. The summed E-state index contributed by atoms with van der Waals surface area (Å²) in [6.07, 6.45) is -2.27. The molecule has 1 aliphatic heterocycles. The molecule has 8 heteroatoms. The van der Waals surface area contributed by atoms with Crippen LogP contribution in [-0.2, 0) is 9.84 Å². The number of aliphatic hydroxyl groups is 1. The minimum absolute atomic E-state index is 0.246. The van der Waals surface area contributed by atoms with Crippen LogP contribution in [0.3, 0.4) is 0 Å². The summed E-state index contributed by atoms with van der Waals surface area (Å²) in [5, 5.41) is 18.2. The van der Waals surface area contributed by atoms with Gasteiger partial charge < -0.3 is 14.9 Å². The van der Waals surface area contributed by atoms with Gasteiger partial charge in [-0.1, -0.05) is 0 Å². The fourth-order valence-corrected chi connectivity index (χ4v) is 3.46. The number of hydrogen-bond acceptors (Lipinski definition) is 5. The van der Waals surface area contributed by atoms with E-state index in [2.05, 4.69) is 0 Å². The number of ether oxygens (including phenoxy) is 1. The number of sulfone groups is 1. The molecule has 0 radical (unpaired) electrons. The van der Waals surface area contributed by atoms with E-state index in [0.29, 0.717) is 0 Å². The van der Waals surface area contributed by atoms with Crippen LogP contribution in [0.25, 0.3) is 0 Å². The van der Waals surface area contributed by atoms with E-state index < -0.39 is 45.3 Å². The van der Waals surface area contributed by atoms with Gasteiger partial charge >= 0.3 is 5.97 Å². The zero-order valence-corrected chi connectivity index (χ0v) is 10.4. The highest BCUT2D eigenvalue weighted by Crippen LogP contribution is 2.24. The molecule has 1 heterocycles. The van der Waals surface area contributed by atoms with Crippen LogP contribution in [0.15, 0.2) is 18.2 Å². The third-order valence-corrected chi connectivity index (χ3v) is 4.42. The molecule has 1 aromatic carbocycles. The first-order chi connectivity index (χ1) is 8.78. The Morgan fingerprint density at radius 2 is 2.05 bits per heavy atom. The minimum atomic E-state index is -3.39. The second-order valence-corrected chi connectivity index (χ2v) is 6.40. The van der Waals surface area contributed by atoms with E-state index >= 15 is 0 Å². The van der Waals surface area contributed by atoms with Crippen LogP contribution >= 0.6 is 0 Å². The van der Waals surface area contributed by atoms with Gasteiger partial charge in [-0.2, -0.15) is 0 Å². The Morgan fingerprint density at radius 1 is 1.37 bits per heavy atom. The van der Waals surface area contributed by atoms with E-state index in [4.69, 9.17) is 9.84 Å². The Morgan fingerprint density at radius 3 is 2.53 bits per heavy atom. The lowest BCUT2D eigenvalue weighted by molar-refractivity contribution is 0.0686. The van der Waals surface area contributed by atoms with Crippen LogP contribution < -0.4 is 4.74 Å². The van der Waals surface area contributed by atoms with Crippen molar-refractivity contribution in [2.24, 2.45) is 0 Å². The van der Waals surface area contributed by atoms with E-state index in [1.165, 1.54) is 0 Å². The molecule has 2 N–H and O–H groups in total. The van der Waals surface area contributed by atoms with Crippen LogP contribution in [0.2, 0.25) is 0 Å². The van der Waals surface area contributed by atoms with E-state index in [-0.39, 0.29) is 11.3 Å². The monoisotopic (exact) mass is 290 g/mol. The zero-order valence-electron chi connectivity index (χ0n) is 9.61. The quantitative estimate of drug-likeness (QED) is 0.816. The summed E-state index contributed by atoms with van der Waals surface area (Å²) in [6.45, 7) is 0. The van der Waals surface area contributed by atoms with Crippen molar-refractivity contribution in [2.75, 3.05) is 11.5 Å². The zero-order chi connectivity index (χ0) is 14.2. The molecule has 104 valence electrons. The van der Waals surface area contributed by atoms with Crippen LogP contribution in [0.1, 0.15) is 10.4 Å². The second-order valence-electron chi connectivity index (χ2n) is 4.25. The van der Waals surface area contributed by atoms with Crippen molar-refractivity contribution in [3.8, 4) is 5.75 Å². The summed E-state index contributed by atoms with van der Waals surface area (Å²) in [5.74, 6) is -3.31. The average molecular weight is 290 g/mol. The minimum Gasteiger partial charge on any atom is -0.484 e. The molecule has 0 amide bonds. The van der Waals surface area contributed by atoms with Crippen molar-refractivity contribution >= 4 is 15.8 Å². The van der Waals surface area contributed by atoms with E-state index in [9.17, 15) is 22.7 Å². The molecule has 0 saturated carbocycles. The van der Waals surface area contributed by atoms with E-state index in [1.807, 2.05) is 0 Å². The molecule has 0 spiro atoms. The maximum absolute atomic E-state index is 13.6. The van der Waals surface area contributed by atoms with Crippen LogP contribution in [0.4, 0.5) is 4.39 Å². The highest BCUT2D eigenvalue weighted by molar-refractivity contribution is 7.91. The van der Waals surface area contributed by atoms with Crippen molar-refractivity contribution in [3.05, 3.63) is 29.6 Å². The summed E-state index contributed by atoms with van der Waals surface area (Å²) in [6, 6.07) is 3.00. The number of halogens is 1. The average Bonchev–Trinajstić information content (AvgIpc) is 2.54. The number of benzene rings is 1. The molecule has 0 bridgehead atoms. The second kappa shape index (κ2) is 4.78. The van der Waals surface area contributed by atoms with Gasteiger partial charge in [-0.3, -0.25) is 0 Å². The summed E-state index contributed by atoms with van der Waals surface area (Å²) in [7, 11) is -3.39.